The van der Waals surface area contributed by atoms with Crippen LogP contribution in [0, 0.1) is 11.7 Å². The maximum Gasteiger partial charge on any atom is 0.246 e. The third-order valence-electron chi connectivity index (χ3n) is 4.34. The first-order valence-corrected chi connectivity index (χ1v) is 9.18. The van der Waals surface area contributed by atoms with E-state index in [-0.39, 0.29) is 22.7 Å². The fraction of sp³-hybridized carbons (Fsp3) is 0.600. The highest BCUT2D eigenvalue weighted by Crippen LogP contribution is 2.31. The minimum atomic E-state index is -3.84. The number of hydrogen-bond acceptors (Lipinski definition) is 2. The van der Waals surface area contributed by atoms with E-state index < -0.39 is 15.8 Å². The van der Waals surface area contributed by atoms with Crippen molar-refractivity contribution in [2.75, 3.05) is 7.05 Å². The molecule has 2 unspecified atom stereocenters. The topological polar surface area (TPSA) is 37.4 Å². The summed E-state index contributed by atoms with van der Waals surface area (Å²) in [5.74, 6) is -0.274. The van der Waals surface area contributed by atoms with Crippen molar-refractivity contribution >= 4 is 21.6 Å². The van der Waals surface area contributed by atoms with Crippen LogP contribution < -0.4 is 0 Å². The van der Waals surface area contributed by atoms with Gasteiger partial charge in [-0.3, -0.25) is 0 Å². The summed E-state index contributed by atoms with van der Waals surface area (Å²) < 4.78 is 40.7. The Hall–Kier alpha value is -0.650. The highest BCUT2D eigenvalue weighted by molar-refractivity contribution is 7.89. The minimum Gasteiger partial charge on any atom is -0.207 e. The molecule has 1 saturated carbocycles. The van der Waals surface area contributed by atoms with Gasteiger partial charge in [0.1, 0.15) is 10.7 Å². The second-order valence-corrected chi connectivity index (χ2v) is 7.98. The number of sulfonamides is 1. The van der Waals surface area contributed by atoms with Gasteiger partial charge in [0.15, 0.2) is 0 Å². The molecular formula is C15H21ClFNO2S. The monoisotopic (exact) mass is 333 g/mol. The lowest BCUT2D eigenvalue weighted by Gasteiger charge is -2.35. The summed E-state index contributed by atoms with van der Waals surface area (Å²) in [6.45, 7) is 2.06. The van der Waals surface area contributed by atoms with Crippen LogP contribution in [-0.4, -0.2) is 25.8 Å². The van der Waals surface area contributed by atoms with E-state index in [0.717, 1.165) is 25.7 Å². The lowest BCUT2D eigenvalue weighted by atomic mass is 9.86. The summed E-state index contributed by atoms with van der Waals surface area (Å²) in [6, 6.07) is 3.94. The Labute approximate surface area is 131 Å². The van der Waals surface area contributed by atoms with Gasteiger partial charge in [0, 0.05) is 19.0 Å². The molecule has 0 amide bonds. The normalized spacial score (nSPS) is 23.5. The average molecular weight is 334 g/mol. The predicted octanol–water partition coefficient (Wildman–Crippen LogP) is 3.76. The zero-order valence-corrected chi connectivity index (χ0v) is 13.9. The zero-order chi connectivity index (χ0) is 15.6. The van der Waals surface area contributed by atoms with Gasteiger partial charge < -0.3 is 0 Å². The van der Waals surface area contributed by atoms with Gasteiger partial charge in [-0.15, -0.1) is 11.6 Å². The van der Waals surface area contributed by atoms with E-state index in [1.54, 1.807) is 7.05 Å². The molecule has 0 bridgehead atoms. The van der Waals surface area contributed by atoms with Gasteiger partial charge in [0.05, 0.1) is 0 Å². The Morgan fingerprint density at radius 1 is 1.33 bits per heavy atom. The fourth-order valence-electron chi connectivity index (χ4n) is 3.00. The molecular weight excluding hydrogens is 313 g/mol. The van der Waals surface area contributed by atoms with Gasteiger partial charge in [-0.2, -0.15) is 4.31 Å². The Bertz CT molecular complexity index is 606. The molecule has 0 aromatic heterocycles. The average Bonchev–Trinajstić information content (AvgIpc) is 2.47. The Morgan fingerprint density at radius 2 is 2.00 bits per heavy atom. The van der Waals surface area contributed by atoms with Crippen molar-refractivity contribution in [1.29, 1.82) is 0 Å². The van der Waals surface area contributed by atoms with Crippen LogP contribution in [-0.2, 0) is 15.9 Å². The van der Waals surface area contributed by atoms with Gasteiger partial charge in [-0.1, -0.05) is 25.8 Å². The second-order valence-electron chi connectivity index (χ2n) is 5.75. The molecule has 0 N–H and O–H groups in total. The summed E-state index contributed by atoms with van der Waals surface area (Å²) in [5.41, 5.74) is 0.599. The Morgan fingerprint density at radius 3 is 2.62 bits per heavy atom. The maximum atomic E-state index is 14.0. The Balaban J connectivity index is 2.36. The highest BCUT2D eigenvalue weighted by atomic mass is 35.5. The first kappa shape index (κ1) is 16.7. The molecule has 0 aliphatic heterocycles. The van der Waals surface area contributed by atoms with Crippen LogP contribution in [0.25, 0.3) is 0 Å². The minimum absolute atomic E-state index is 0.0668. The highest BCUT2D eigenvalue weighted by Gasteiger charge is 2.34. The lowest BCUT2D eigenvalue weighted by Crippen LogP contribution is -2.42. The van der Waals surface area contributed by atoms with E-state index in [1.165, 1.54) is 22.5 Å². The first-order chi connectivity index (χ1) is 9.87. The number of benzene rings is 1. The number of hydrogen-bond donors (Lipinski definition) is 0. The van der Waals surface area contributed by atoms with Crippen LogP contribution in [0.2, 0.25) is 0 Å². The van der Waals surface area contributed by atoms with Crippen molar-refractivity contribution in [3.63, 3.8) is 0 Å². The molecule has 118 valence electrons. The third kappa shape index (κ3) is 3.41. The van der Waals surface area contributed by atoms with E-state index in [2.05, 4.69) is 6.92 Å². The molecule has 1 aromatic rings. The van der Waals surface area contributed by atoms with E-state index in [9.17, 15) is 12.8 Å². The summed E-state index contributed by atoms with van der Waals surface area (Å²) in [4.78, 5) is -0.277. The molecule has 1 aliphatic carbocycles. The standard InChI is InChI=1S/C15H21ClFNO2S/c1-11-5-3-4-6-14(11)18(2)21(19,20)15-9-12(10-16)7-8-13(15)17/h7-9,11,14H,3-6,10H2,1-2H3. The summed E-state index contributed by atoms with van der Waals surface area (Å²) in [6.07, 6.45) is 3.98. The van der Waals surface area contributed by atoms with Gasteiger partial charge in [-0.05, 0) is 36.5 Å². The van der Waals surface area contributed by atoms with Crippen LogP contribution in [0.1, 0.15) is 38.2 Å². The number of alkyl halides is 1. The van der Waals surface area contributed by atoms with Crippen molar-refractivity contribution in [3.8, 4) is 0 Å². The van der Waals surface area contributed by atoms with E-state index in [4.69, 9.17) is 11.6 Å². The van der Waals surface area contributed by atoms with Crippen molar-refractivity contribution in [1.82, 2.24) is 4.31 Å². The number of nitrogens with zero attached hydrogens (tertiary/aromatic N) is 1. The molecule has 1 aromatic carbocycles. The van der Waals surface area contributed by atoms with Crippen molar-refractivity contribution in [3.05, 3.63) is 29.6 Å². The van der Waals surface area contributed by atoms with Gasteiger partial charge >= 0.3 is 0 Å². The van der Waals surface area contributed by atoms with Crippen molar-refractivity contribution < 1.29 is 12.8 Å². The fourth-order valence-corrected chi connectivity index (χ4v) is 4.76. The van der Waals surface area contributed by atoms with Crippen molar-refractivity contribution in [2.45, 2.75) is 49.4 Å². The SMILES string of the molecule is CC1CCCCC1N(C)S(=O)(=O)c1cc(CCl)ccc1F. The van der Waals surface area contributed by atoms with Crippen LogP contribution in [0.3, 0.4) is 0 Å². The Kier molecular flexibility index (Phi) is 5.28. The van der Waals surface area contributed by atoms with E-state index in [1.807, 2.05) is 0 Å². The summed E-state index contributed by atoms with van der Waals surface area (Å²) >= 11 is 5.72. The summed E-state index contributed by atoms with van der Waals surface area (Å²) in [5, 5.41) is 0. The molecule has 1 fully saturated rings. The molecule has 1 aliphatic rings. The molecule has 0 spiro atoms. The smallest absolute Gasteiger partial charge is 0.207 e. The zero-order valence-electron chi connectivity index (χ0n) is 12.4. The molecule has 6 heteroatoms. The second kappa shape index (κ2) is 6.63. The number of halogens is 2. The van der Waals surface area contributed by atoms with Crippen LogP contribution in [0.15, 0.2) is 23.1 Å². The molecule has 21 heavy (non-hydrogen) atoms. The van der Waals surface area contributed by atoms with Gasteiger partial charge in [-0.25, -0.2) is 12.8 Å². The molecule has 2 rings (SSSR count). The molecule has 0 radical (unpaired) electrons. The first-order valence-electron chi connectivity index (χ1n) is 7.20. The van der Waals surface area contributed by atoms with Crippen LogP contribution >= 0.6 is 11.6 Å². The quantitative estimate of drug-likeness (QED) is 0.787. The molecule has 3 nitrogen and oxygen atoms in total. The van der Waals surface area contributed by atoms with Crippen LogP contribution in [0.5, 0.6) is 0 Å². The largest absolute Gasteiger partial charge is 0.246 e. The lowest BCUT2D eigenvalue weighted by molar-refractivity contribution is 0.213. The molecule has 0 heterocycles. The summed E-state index contributed by atoms with van der Waals surface area (Å²) in [7, 11) is -2.28. The van der Waals surface area contributed by atoms with Gasteiger partial charge in [0.2, 0.25) is 10.0 Å². The van der Waals surface area contributed by atoms with E-state index in [0.29, 0.717) is 5.56 Å². The predicted molar refractivity (Wildman–Crippen MR) is 82.3 cm³/mol. The van der Waals surface area contributed by atoms with Crippen molar-refractivity contribution in [2.24, 2.45) is 5.92 Å². The van der Waals surface area contributed by atoms with Gasteiger partial charge in [0.25, 0.3) is 0 Å². The molecule has 2 atom stereocenters. The maximum absolute atomic E-state index is 14.0. The molecule has 0 saturated heterocycles. The van der Waals surface area contributed by atoms with E-state index >= 15 is 0 Å². The third-order valence-corrected chi connectivity index (χ3v) is 6.55. The van der Waals surface area contributed by atoms with Crippen LogP contribution in [0.4, 0.5) is 4.39 Å². The number of rotatable bonds is 4.